The number of rotatable bonds is 2. The highest BCUT2D eigenvalue weighted by Crippen LogP contribution is 2.28. The van der Waals surface area contributed by atoms with Crippen molar-refractivity contribution in [1.82, 2.24) is 0 Å². The first-order valence-corrected chi connectivity index (χ1v) is 7.57. The van der Waals surface area contributed by atoms with Crippen LogP contribution in [0.4, 0.5) is 0 Å². The first kappa shape index (κ1) is 11.8. The topological polar surface area (TPSA) is 17.1 Å². The van der Waals surface area contributed by atoms with Crippen molar-refractivity contribution in [2.24, 2.45) is 0 Å². The maximum Gasteiger partial charge on any atom is 0.344 e. The van der Waals surface area contributed by atoms with Gasteiger partial charge in [0.05, 0.1) is 5.56 Å². The molecule has 0 aliphatic carbocycles. The Morgan fingerprint density at radius 2 is 1.71 bits per heavy atom. The molecule has 4 heteroatoms. The smallest absolute Gasteiger partial charge is 0.344 e. The third-order valence-electron chi connectivity index (χ3n) is 2.06. The van der Waals surface area contributed by atoms with Gasteiger partial charge in [0.15, 0.2) is 0 Å². The molecule has 14 heavy (non-hydrogen) atoms. The summed E-state index contributed by atoms with van der Waals surface area (Å²) in [6, 6.07) is 3.98. The highest BCUT2D eigenvalue weighted by Gasteiger charge is 2.18. The molecule has 1 atom stereocenters. The number of benzene rings is 1. The molecule has 0 fully saturated rings. The Bertz CT molecular complexity index is 390. The van der Waals surface area contributed by atoms with Crippen molar-refractivity contribution in [3.63, 3.8) is 0 Å². The molecule has 0 aliphatic rings. The molecule has 1 aromatic carbocycles. The predicted molar refractivity (Wildman–Crippen MR) is 66.6 cm³/mol. The van der Waals surface area contributed by atoms with Crippen LogP contribution >= 0.6 is 5.90 Å². The van der Waals surface area contributed by atoms with Crippen LogP contribution in [0.15, 0.2) is 12.1 Å². The summed E-state index contributed by atoms with van der Waals surface area (Å²) < 4.78 is 0. The van der Waals surface area contributed by atoms with Gasteiger partial charge in [-0.1, -0.05) is 17.7 Å². The minimum Gasteiger partial charge on any atom is -0.469 e. The second-order valence-electron chi connectivity index (χ2n) is 3.34. The highest BCUT2D eigenvalue weighted by molar-refractivity contribution is 8.52. The molecule has 1 unspecified atom stereocenters. The fraction of sp³-hybridized carbons (Fsp3) is 0.300. The number of carbonyl (C=O) groups excluding carboxylic acids is 1. The van der Waals surface area contributed by atoms with Crippen molar-refractivity contribution < 1.29 is 4.79 Å². The van der Waals surface area contributed by atoms with E-state index in [0.29, 0.717) is 0 Å². The summed E-state index contributed by atoms with van der Waals surface area (Å²) in [6.07, 6.45) is 0. The van der Waals surface area contributed by atoms with Gasteiger partial charge in [-0.05, 0) is 31.9 Å². The minimum atomic E-state index is -1.35. The Hall–Kier alpha value is -0.240. The van der Waals surface area contributed by atoms with E-state index >= 15 is 0 Å². The van der Waals surface area contributed by atoms with Crippen LogP contribution in [0.2, 0.25) is 0 Å². The molecule has 0 bridgehead atoms. The zero-order valence-corrected chi connectivity index (χ0v) is 10.9. The molecule has 0 spiro atoms. The second kappa shape index (κ2) is 4.52. The van der Waals surface area contributed by atoms with Gasteiger partial charge in [-0.2, -0.15) is 0 Å². The Kier molecular flexibility index (Phi) is 3.82. The van der Waals surface area contributed by atoms with E-state index < -0.39 is 5.90 Å². The van der Waals surface area contributed by atoms with Crippen LogP contribution in [0.1, 0.15) is 27.0 Å². The van der Waals surface area contributed by atoms with Gasteiger partial charge in [-0.25, -0.2) is 4.79 Å². The van der Waals surface area contributed by atoms with Gasteiger partial charge in [0, 0.05) is 0 Å². The normalized spacial score (nSPS) is 11.3. The van der Waals surface area contributed by atoms with Crippen molar-refractivity contribution in [2.75, 3.05) is 0 Å². The van der Waals surface area contributed by atoms with E-state index in [4.69, 9.17) is 24.1 Å². The van der Waals surface area contributed by atoms with Crippen molar-refractivity contribution >= 4 is 35.5 Å². The molecule has 0 aromatic heterocycles. The molecule has 0 saturated heterocycles. The maximum atomic E-state index is 11.7. The maximum absolute atomic E-state index is 11.7. The van der Waals surface area contributed by atoms with E-state index in [0.717, 1.165) is 22.3 Å². The van der Waals surface area contributed by atoms with E-state index in [1.54, 1.807) is 0 Å². The number of hydrogen-bond donors (Lipinski definition) is 0. The van der Waals surface area contributed by atoms with Crippen LogP contribution < -0.4 is 0 Å². The molecule has 0 heterocycles. The van der Waals surface area contributed by atoms with E-state index in [1.165, 1.54) is 0 Å². The molecule has 74 valence electrons. The first-order valence-electron chi connectivity index (χ1n) is 4.20. The van der Waals surface area contributed by atoms with Crippen molar-refractivity contribution in [3.8, 4) is 0 Å². The fourth-order valence-electron chi connectivity index (χ4n) is 1.61. The summed E-state index contributed by atoms with van der Waals surface area (Å²) in [6.45, 7) is 5.87. The van der Waals surface area contributed by atoms with Gasteiger partial charge in [0.25, 0.3) is 0 Å². The quantitative estimate of drug-likeness (QED) is 0.586. The highest BCUT2D eigenvalue weighted by atomic mass is 32.9. The predicted octanol–water partition coefficient (Wildman–Crippen LogP) is 3.16. The average Bonchev–Trinajstić information content (AvgIpc) is 2.01. The monoisotopic (exact) mass is 242 g/mol. The van der Waals surface area contributed by atoms with Crippen molar-refractivity contribution in [1.29, 1.82) is 0 Å². The van der Waals surface area contributed by atoms with E-state index in [-0.39, 0.29) is 5.52 Å². The molecule has 0 aliphatic heterocycles. The molecule has 0 N–H and O–H groups in total. The van der Waals surface area contributed by atoms with Gasteiger partial charge in [-0.15, -0.1) is 0 Å². The fourth-order valence-corrected chi connectivity index (χ4v) is 2.69. The summed E-state index contributed by atoms with van der Waals surface area (Å²) in [7, 11) is 0. The molecule has 1 rings (SSSR count). The summed E-state index contributed by atoms with van der Waals surface area (Å²) >= 11 is 9.73. The minimum absolute atomic E-state index is 0.0556. The SMILES string of the molecule is Cc1cc(C)c(C(=O)[P+](=S)[S-])c(C)c1. The Labute approximate surface area is 95.5 Å². The third-order valence-corrected chi connectivity index (χ3v) is 3.61. The number of aryl methyl sites for hydroxylation is 3. The molecule has 1 aromatic rings. The summed E-state index contributed by atoms with van der Waals surface area (Å²) in [5.41, 5.74) is 3.80. The van der Waals surface area contributed by atoms with Crippen LogP contribution in [0.3, 0.4) is 0 Å². The lowest BCUT2D eigenvalue weighted by Gasteiger charge is -2.06. The van der Waals surface area contributed by atoms with Crippen LogP contribution in [0.25, 0.3) is 0 Å². The first-order chi connectivity index (χ1) is 6.43. The molecule has 0 saturated carbocycles. The average molecular weight is 242 g/mol. The van der Waals surface area contributed by atoms with E-state index in [9.17, 15) is 4.79 Å². The van der Waals surface area contributed by atoms with E-state index in [2.05, 4.69) is 0 Å². The lowest BCUT2D eigenvalue weighted by molar-refractivity contribution is 0.108. The van der Waals surface area contributed by atoms with Crippen LogP contribution in [0.5, 0.6) is 0 Å². The zero-order valence-electron chi connectivity index (χ0n) is 8.33. The lowest BCUT2D eigenvalue weighted by atomic mass is 10.0. The summed E-state index contributed by atoms with van der Waals surface area (Å²) in [5, 5.41) is 0. The largest absolute Gasteiger partial charge is 0.469 e. The van der Waals surface area contributed by atoms with Crippen molar-refractivity contribution in [3.05, 3.63) is 34.4 Å². The van der Waals surface area contributed by atoms with Gasteiger partial charge < -0.3 is 12.2 Å². The van der Waals surface area contributed by atoms with Crippen LogP contribution in [-0.2, 0) is 24.1 Å². The standard InChI is InChI=1S/C10H11OPS2/c1-6-4-7(2)9(8(3)5-6)10(11)12(13)14/h4-5H,1-3H3. The number of carbonyl (C=O) groups is 1. The Morgan fingerprint density at radius 3 is 2.07 bits per heavy atom. The summed E-state index contributed by atoms with van der Waals surface area (Å²) in [4.78, 5) is 11.7. The van der Waals surface area contributed by atoms with Gasteiger partial charge in [-0.3, -0.25) is 0 Å². The molecule has 1 nitrogen and oxygen atoms in total. The molecular formula is C10H11OPS2. The summed E-state index contributed by atoms with van der Waals surface area (Å²) in [5.74, 6) is -1.35. The van der Waals surface area contributed by atoms with Gasteiger partial charge in [0.2, 0.25) is 0 Å². The Morgan fingerprint density at radius 1 is 1.29 bits per heavy atom. The van der Waals surface area contributed by atoms with E-state index in [1.807, 2.05) is 32.9 Å². The Balaban J connectivity index is 3.35. The van der Waals surface area contributed by atoms with Gasteiger partial charge in [0.1, 0.15) is 17.7 Å². The second-order valence-corrected chi connectivity index (χ2v) is 7.14. The van der Waals surface area contributed by atoms with Crippen LogP contribution in [-0.4, -0.2) is 5.52 Å². The van der Waals surface area contributed by atoms with Gasteiger partial charge >= 0.3 is 5.52 Å². The van der Waals surface area contributed by atoms with Crippen LogP contribution in [0, 0.1) is 20.8 Å². The third kappa shape index (κ3) is 2.41. The lowest BCUT2D eigenvalue weighted by Crippen LogP contribution is -2.00. The zero-order chi connectivity index (χ0) is 10.9. The molecule has 0 amide bonds. The molecular weight excluding hydrogens is 231 g/mol. The number of hydrogen-bond acceptors (Lipinski definition) is 3. The molecule has 0 radical (unpaired) electrons. The van der Waals surface area contributed by atoms with Crippen molar-refractivity contribution in [2.45, 2.75) is 20.8 Å².